The van der Waals surface area contributed by atoms with E-state index in [0.717, 1.165) is 66.6 Å². The molecule has 2 heterocycles. The van der Waals surface area contributed by atoms with Crippen LogP contribution in [0.25, 0.3) is 22.2 Å². The van der Waals surface area contributed by atoms with Crippen LogP contribution in [0.1, 0.15) is 75.8 Å². The summed E-state index contributed by atoms with van der Waals surface area (Å²) >= 11 is 0. The molecule has 0 unspecified atom stereocenters. The zero-order chi connectivity index (χ0) is 19.3. The van der Waals surface area contributed by atoms with E-state index in [0.29, 0.717) is 18.1 Å². The summed E-state index contributed by atoms with van der Waals surface area (Å²) in [6.07, 6.45) is 10.8. The third-order valence-electron chi connectivity index (χ3n) is 5.54. The van der Waals surface area contributed by atoms with E-state index < -0.39 is 0 Å². The fraction of sp³-hybridized carbons (Fsp3) is 0.458. The van der Waals surface area contributed by atoms with Gasteiger partial charge in [-0.1, -0.05) is 25.8 Å². The molecular formula is C24H28N2O2. The van der Waals surface area contributed by atoms with Crippen LogP contribution in [0.2, 0.25) is 0 Å². The quantitative estimate of drug-likeness (QED) is 0.393. The van der Waals surface area contributed by atoms with Gasteiger partial charge >= 0.3 is 0 Å². The van der Waals surface area contributed by atoms with E-state index in [9.17, 15) is 4.79 Å². The van der Waals surface area contributed by atoms with Crippen LogP contribution in [0.15, 0.2) is 40.9 Å². The van der Waals surface area contributed by atoms with Gasteiger partial charge in [-0.3, -0.25) is 9.78 Å². The van der Waals surface area contributed by atoms with E-state index in [1.165, 1.54) is 18.5 Å². The highest BCUT2D eigenvalue weighted by molar-refractivity contribution is 5.83. The van der Waals surface area contributed by atoms with Gasteiger partial charge in [0.25, 0.3) is 0 Å². The smallest absolute Gasteiger partial charge is 0.194 e. The van der Waals surface area contributed by atoms with Crippen LogP contribution in [0.5, 0.6) is 0 Å². The van der Waals surface area contributed by atoms with Crippen molar-refractivity contribution >= 4 is 16.7 Å². The number of unbranched alkanes of at least 4 members (excludes halogenated alkanes) is 3. The van der Waals surface area contributed by atoms with Gasteiger partial charge in [0.05, 0.1) is 11.7 Å². The molecule has 1 fully saturated rings. The molecular weight excluding hydrogens is 348 g/mol. The van der Waals surface area contributed by atoms with E-state index in [1.807, 2.05) is 13.1 Å². The second-order valence-electron chi connectivity index (χ2n) is 7.84. The van der Waals surface area contributed by atoms with Crippen molar-refractivity contribution in [1.29, 1.82) is 0 Å². The number of rotatable bonds is 10. The Bertz CT molecular complexity index is 956. The minimum absolute atomic E-state index is 0.367. The van der Waals surface area contributed by atoms with Crippen molar-refractivity contribution in [2.45, 2.75) is 70.6 Å². The average Bonchev–Trinajstić information content (AvgIpc) is 3.47. The lowest BCUT2D eigenvalue weighted by atomic mass is 10.1. The molecule has 28 heavy (non-hydrogen) atoms. The molecule has 0 bridgehead atoms. The number of Topliss-reactive ketones (excluding diaryl/α,β-unsaturated/α-hetero) is 1. The lowest BCUT2D eigenvalue weighted by Gasteiger charge is -2.03. The first-order valence-electron chi connectivity index (χ1n) is 10.6. The molecule has 4 heteroatoms. The number of oxazole rings is 1. The molecule has 1 saturated carbocycles. The van der Waals surface area contributed by atoms with E-state index in [1.54, 1.807) is 0 Å². The predicted octanol–water partition coefficient (Wildman–Crippen LogP) is 6.24. The topological polar surface area (TPSA) is 56.0 Å². The summed E-state index contributed by atoms with van der Waals surface area (Å²) in [6.45, 7) is 1.93. The second kappa shape index (κ2) is 8.68. The van der Waals surface area contributed by atoms with Crippen LogP contribution >= 0.6 is 0 Å². The van der Waals surface area contributed by atoms with Crippen molar-refractivity contribution < 1.29 is 9.21 Å². The van der Waals surface area contributed by atoms with E-state index in [4.69, 9.17) is 9.40 Å². The van der Waals surface area contributed by atoms with Gasteiger partial charge in [-0.2, -0.15) is 0 Å². The van der Waals surface area contributed by atoms with Gasteiger partial charge in [0, 0.05) is 41.8 Å². The van der Waals surface area contributed by atoms with Crippen LogP contribution in [0.3, 0.4) is 0 Å². The van der Waals surface area contributed by atoms with Gasteiger partial charge in [0.2, 0.25) is 0 Å². The maximum absolute atomic E-state index is 11.3. The van der Waals surface area contributed by atoms with Crippen molar-refractivity contribution in [2.24, 2.45) is 0 Å². The summed E-state index contributed by atoms with van der Waals surface area (Å²) in [5, 5.41) is 1.14. The van der Waals surface area contributed by atoms with Crippen LogP contribution in [-0.4, -0.2) is 15.8 Å². The standard InChI is InChI=1S/C24H28N2O2/c1-2-20(27)7-5-3-4-6-8-24-25-16-23(28-24)19-12-14-22-18(15-19)11-13-21(26-22)17-9-10-17/h11-17H,2-10H2,1H3. The van der Waals surface area contributed by atoms with Gasteiger partial charge in [-0.15, -0.1) is 0 Å². The van der Waals surface area contributed by atoms with Crippen molar-refractivity contribution in [3.8, 4) is 11.3 Å². The molecule has 0 N–H and O–H groups in total. The molecule has 0 radical (unpaired) electrons. The predicted molar refractivity (Wildman–Crippen MR) is 111 cm³/mol. The lowest BCUT2D eigenvalue weighted by Crippen LogP contribution is -1.94. The fourth-order valence-corrected chi connectivity index (χ4v) is 3.59. The fourth-order valence-electron chi connectivity index (χ4n) is 3.59. The maximum Gasteiger partial charge on any atom is 0.194 e. The Labute approximate surface area is 166 Å². The minimum atomic E-state index is 0.367. The van der Waals surface area contributed by atoms with E-state index in [2.05, 4.69) is 35.3 Å². The molecule has 3 aromatic rings. The normalized spacial score (nSPS) is 13.9. The number of pyridine rings is 1. The molecule has 0 aliphatic heterocycles. The number of aryl methyl sites for hydroxylation is 1. The Morgan fingerprint density at radius 2 is 1.96 bits per heavy atom. The number of aromatic nitrogens is 2. The minimum Gasteiger partial charge on any atom is -0.441 e. The number of ketones is 1. The highest BCUT2D eigenvalue weighted by atomic mass is 16.4. The Morgan fingerprint density at radius 3 is 2.79 bits per heavy atom. The zero-order valence-corrected chi connectivity index (χ0v) is 16.6. The summed E-state index contributed by atoms with van der Waals surface area (Å²) < 4.78 is 5.97. The van der Waals surface area contributed by atoms with Gasteiger partial charge in [0.1, 0.15) is 5.78 Å². The van der Waals surface area contributed by atoms with Crippen molar-refractivity contribution in [1.82, 2.24) is 9.97 Å². The van der Waals surface area contributed by atoms with Crippen LogP contribution in [-0.2, 0) is 11.2 Å². The van der Waals surface area contributed by atoms with Crippen LogP contribution in [0, 0.1) is 0 Å². The van der Waals surface area contributed by atoms with Gasteiger partial charge in [-0.25, -0.2) is 4.98 Å². The Morgan fingerprint density at radius 1 is 1.11 bits per heavy atom. The zero-order valence-electron chi connectivity index (χ0n) is 16.6. The number of hydrogen-bond acceptors (Lipinski definition) is 4. The highest BCUT2D eigenvalue weighted by Crippen LogP contribution is 2.39. The third kappa shape index (κ3) is 4.67. The van der Waals surface area contributed by atoms with Gasteiger partial charge in [-0.05, 0) is 49.9 Å². The van der Waals surface area contributed by atoms with Crippen LogP contribution < -0.4 is 0 Å². The molecule has 4 rings (SSSR count). The molecule has 1 aliphatic carbocycles. The van der Waals surface area contributed by atoms with Crippen molar-refractivity contribution in [3.05, 3.63) is 48.1 Å². The lowest BCUT2D eigenvalue weighted by molar-refractivity contribution is -0.118. The third-order valence-corrected chi connectivity index (χ3v) is 5.54. The summed E-state index contributed by atoms with van der Waals surface area (Å²) in [7, 11) is 0. The van der Waals surface area contributed by atoms with Gasteiger partial charge in [0.15, 0.2) is 11.7 Å². The summed E-state index contributed by atoms with van der Waals surface area (Å²) in [5.41, 5.74) is 3.32. The average molecular weight is 377 g/mol. The van der Waals surface area contributed by atoms with Crippen molar-refractivity contribution in [3.63, 3.8) is 0 Å². The number of benzene rings is 1. The molecule has 1 aromatic carbocycles. The molecule has 2 aromatic heterocycles. The molecule has 0 amide bonds. The first-order valence-corrected chi connectivity index (χ1v) is 10.6. The molecule has 4 nitrogen and oxygen atoms in total. The highest BCUT2D eigenvalue weighted by Gasteiger charge is 2.24. The summed E-state index contributed by atoms with van der Waals surface area (Å²) in [4.78, 5) is 20.5. The number of nitrogens with zero attached hydrogens (tertiary/aromatic N) is 2. The van der Waals surface area contributed by atoms with E-state index in [-0.39, 0.29) is 0 Å². The maximum atomic E-state index is 11.3. The largest absolute Gasteiger partial charge is 0.441 e. The molecule has 0 saturated heterocycles. The summed E-state index contributed by atoms with van der Waals surface area (Å²) in [6, 6.07) is 10.6. The number of carbonyl (C=O) groups is 1. The Kier molecular flexibility index (Phi) is 5.84. The molecule has 0 atom stereocenters. The molecule has 146 valence electrons. The molecule has 1 aliphatic rings. The molecule has 0 spiro atoms. The Balaban J connectivity index is 1.32. The number of hydrogen-bond donors (Lipinski definition) is 0. The first-order chi connectivity index (χ1) is 13.7. The number of carbonyl (C=O) groups excluding carboxylic acids is 1. The SMILES string of the molecule is CCC(=O)CCCCCCc1ncc(-c2ccc3nc(C4CC4)ccc3c2)o1. The van der Waals surface area contributed by atoms with Gasteiger partial charge < -0.3 is 4.42 Å². The summed E-state index contributed by atoms with van der Waals surface area (Å²) in [5.74, 6) is 2.65. The van der Waals surface area contributed by atoms with Crippen molar-refractivity contribution in [2.75, 3.05) is 0 Å². The van der Waals surface area contributed by atoms with E-state index >= 15 is 0 Å². The Hall–Kier alpha value is -2.49. The van der Waals surface area contributed by atoms with Crippen LogP contribution in [0.4, 0.5) is 0 Å². The first kappa shape index (κ1) is 18.9. The number of fused-ring (bicyclic) bond motifs is 1. The second-order valence-corrected chi connectivity index (χ2v) is 7.84. The monoisotopic (exact) mass is 376 g/mol.